The topological polar surface area (TPSA) is 94.8 Å². The molecule has 0 fully saturated rings. The lowest BCUT2D eigenvalue weighted by atomic mass is 10.1. The van der Waals surface area contributed by atoms with E-state index in [1.54, 1.807) is 67.6 Å². The van der Waals surface area contributed by atoms with Crippen molar-refractivity contribution in [1.29, 1.82) is 0 Å². The van der Waals surface area contributed by atoms with Crippen LogP contribution < -0.4 is 14.8 Å². The average Bonchev–Trinajstić information content (AvgIpc) is 3.22. The smallest absolute Gasteiger partial charge is 0.259 e. The highest BCUT2D eigenvalue weighted by molar-refractivity contribution is 5.94. The van der Waals surface area contributed by atoms with E-state index in [4.69, 9.17) is 14.2 Å². The Bertz CT molecular complexity index is 969. The number of nitrogens with one attached hydrogen (secondary N) is 1. The Morgan fingerprint density at radius 1 is 1.07 bits per heavy atom. The van der Waals surface area contributed by atoms with Gasteiger partial charge in [0, 0.05) is 19.2 Å². The standard InChI is InChI=1S/C21H23N3O5/c1-27-17-9-8-16(12-18(17)28-2)24-19(10-11-22-24)23-21(26)20(29-3)15-6-4-14(13-25)5-7-15/h4-12,20,25H,13H2,1-3H3,(H,23,26). The summed E-state index contributed by atoms with van der Waals surface area (Å²) in [6, 6.07) is 14.0. The molecule has 152 valence electrons. The minimum atomic E-state index is -0.809. The molecule has 1 heterocycles. The number of hydrogen-bond donors (Lipinski definition) is 2. The normalized spacial score (nSPS) is 11.7. The van der Waals surface area contributed by atoms with Crippen LogP contribution in [0.3, 0.4) is 0 Å². The minimum absolute atomic E-state index is 0.0609. The van der Waals surface area contributed by atoms with Gasteiger partial charge in [0.15, 0.2) is 17.6 Å². The second kappa shape index (κ2) is 9.22. The van der Waals surface area contributed by atoms with Gasteiger partial charge in [0.1, 0.15) is 5.82 Å². The number of rotatable bonds is 8. The number of anilines is 1. The van der Waals surface area contributed by atoms with Gasteiger partial charge in [-0.3, -0.25) is 4.79 Å². The summed E-state index contributed by atoms with van der Waals surface area (Å²) in [6.07, 6.45) is 0.779. The molecule has 8 heteroatoms. The number of carbonyl (C=O) groups is 1. The summed E-state index contributed by atoms with van der Waals surface area (Å²) < 4.78 is 17.6. The Morgan fingerprint density at radius 2 is 1.79 bits per heavy atom. The number of methoxy groups -OCH3 is 3. The maximum atomic E-state index is 12.8. The maximum absolute atomic E-state index is 12.8. The van der Waals surface area contributed by atoms with Crippen LogP contribution in [0.1, 0.15) is 17.2 Å². The van der Waals surface area contributed by atoms with Crippen LogP contribution in [0.2, 0.25) is 0 Å². The van der Waals surface area contributed by atoms with Crippen LogP contribution in [-0.2, 0) is 16.1 Å². The van der Waals surface area contributed by atoms with E-state index in [1.165, 1.54) is 7.11 Å². The van der Waals surface area contributed by atoms with E-state index in [-0.39, 0.29) is 12.5 Å². The number of hydrogen-bond acceptors (Lipinski definition) is 6. The number of amides is 1. The van der Waals surface area contributed by atoms with Crippen LogP contribution in [0.4, 0.5) is 5.82 Å². The van der Waals surface area contributed by atoms with Crippen molar-refractivity contribution in [2.24, 2.45) is 0 Å². The fourth-order valence-corrected chi connectivity index (χ4v) is 2.94. The lowest BCUT2D eigenvalue weighted by Crippen LogP contribution is -2.24. The lowest BCUT2D eigenvalue weighted by molar-refractivity contribution is -0.126. The molecule has 1 aromatic heterocycles. The molecule has 0 spiro atoms. The van der Waals surface area contributed by atoms with Gasteiger partial charge in [-0.15, -0.1) is 0 Å². The van der Waals surface area contributed by atoms with Crippen LogP contribution >= 0.6 is 0 Å². The van der Waals surface area contributed by atoms with Crippen molar-refractivity contribution in [3.05, 3.63) is 65.9 Å². The van der Waals surface area contributed by atoms with Crippen LogP contribution in [0.15, 0.2) is 54.7 Å². The molecule has 8 nitrogen and oxygen atoms in total. The van der Waals surface area contributed by atoms with Gasteiger partial charge < -0.3 is 24.6 Å². The molecule has 0 bridgehead atoms. The molecule has 1 atom stereocenters. The Balaban J connectivity index is 1.84. The maximum Gasteiger partial charge on any atom is 0.259 e. The summed E-state index contributed by atoms with van der Waals surface area (Å²) in [4.78, 5) is 12.8. The van der Waals surface area contributed by atoms with Crippen molar-refractivity contribution >= 4 is 11.7 Å². The fourth-order valence-electron chi connectivity index (χ4n) is 2.94. The highest BCUT2D eigenvalue weighted by Gasteiger charge is 2.22. The first kappa shape index (κ1) is 20.4. The fraction of sp³-hybridized carbons (Fsp3) is 0.238. The van der Waals surface area contributed by atoms with Crippen molar-refractivity contribution in [2.75, 3.05) is 26.6 Å². The van der Waals surface area contributed by atoms with Crippen molar-refractivity contribution in [2.45, 2.75) is 12.7 Å². The zero-order valence-electron chi connectivity index (χ0n) is 16.5. The third kappa shape index (κ3) is 4.39. The molecular formula is C21H23N3O5. The zero-order valence-corrected chi connectivity index (χ0v) is 16.5. The van der Waals surface area contributed by atoms with Crippen molar-refractivity contribution < 1.29 is 24.1 Å². The highest BCUT2D eigenvalue weighted by atomic mass is 16.5. The molecule has 1 amide bonds. The molecule has 3 rings (SSSR count). The van der Waals surface area contributed by atoms with Crippen molar-refractivity contribution in [3.63, 3.8) is 0 Å². The van der Waals surface area contributed by atoms with E-state index in [0.29, 0.717) is 28.6 Å². The second-order valence-corrected chi connectivity index (χ2v) is 6.17. The molecule has 0 aliphatic rings. The predicted molar refractivity (Wildman–Crippen MR) is 107 cm³/mol. The number of carbonyl (C=O) groups excluding carboxylic acids is 1. The average molecular weight is 397 g/mol. The number of aromatic nitrogens is 2. The molecular weight excluding hydrogens is 374 g/mol. The van der Waals surface area contributed by atoms with Gasteiger partial charge >= 0.3 is 0 Å². The van der Waals surface area contributed by atoms with E-state index >= 15 is 0 Å². The molecule has 0 aliphatic heterocycles. The third-order valence-electron chi connectivity index (χ3n) is 4.44. The minimum Gasteiger partial charge on any atom is -0.493 e. The Labute approximate surface area is 168 Å². The summed E-state index contributed by atoms with van der Waals surface area (Å²) in [6.45, 7) is -0.0609. The van der Waals surface area contributed by atoms with Gasteiger partial charge in [0.2, 0.25) is 0 Å². The van der Waals surface area contributed by atoms with Crippen molar-refractivity contribution in [3.8, 4) is 17.2 Å². The molecule has 0 radical (unpaired) electrons. The predicted octanol–water partition coefficient (Wildman–Crippen LogP) is 2.71. The summed E-state index contributed by atoms with van der Waals surface area (Å²) in [7, 11) is 4.59. The van der Waals surface area contributed by atoms with Crippen LogP contribution in [-0.4, -0.2) is 42.1 Å². The molecule has 2 aromatic carbocycles. The number of aliphatic hydroxyl groups excluding tert-OH is 1. The van der Waals surface area contributed by atoms with E-state index < -0.39 is 6.10 Å². The van der Waals surface area contributed by atoms with Crippen LogP contribution in [0.25, 0.3) is 5.69 Å². The van der Waals surface area contributed by atoms with Gasteiger partial charge in [-0.05, 0) is 23.3 Å². The van der Waals surface area contributed by atoms with Gasteiger partial charge in [0.25, 0.3) is 5.91 Å². The van der Waals surface area contributed by atoms with Crippen molar-refractivity contribution in [1.82, 2.24) is 9.78 Å². The molecule has 29 heavy (non-hydrogen) atoms. The summed E-state index contributed by atoms with van der Waals surface area (Å²) in [5.74, 6) is 1.29. The molecule has 3 aromatic rings. The number of ether oxygens (including phenoxy) is 3. The first-order valence-corrected chi connectivity index (χ1v) is 8.91. The summed E-state index contributed by atoms with van der Waals surface area (Å²) >= 11 is 0. The monoisotopic (exact) mass is 397 g/mol. The number of benzene rings is 2. The van der Waals surface area contributed by atoms with Gasteiger partial charge in [-0.2, -0.15) is 5.10 Å². The Kier molecular flexibility index (Phi) is 6.48. The van der Waals surface area contributed by atoms with E-state index in [1.807, 2.05) is 6.07 Å². The van der Waals surface area contributed by atoms with E-state index in [0.717, 1.165) is 5.56 Å². The Hall–Kier alpha value is -3.36. The third-order valence-corrected chi connectivity index (χ3v) is 4.44. The molecule has 0 aliphatic carbocycles. The first-order valence-electron chi connectivity index (χ1n) is 8.91. The largest absolute Gasteiger partial charge is 0.493 e. The molecule has 1 unspecified atom stereocenters. The van der Waals surface area contributed by atoms with E-state index in [2.05, 4.69) is 10.4 Å². The Morgan fingerprint density at radius 3 is 2.41 bits per heavy atom. The molecule has 0 saturated carbocycles. The second-order valence-electron chi connectivity index (χ2n) is 6.17. The summed E-state index contributed by atoms with van der Waals surface area (Å²) in [5, 5.41) is 16.3. The number of nitrogens with zero attached hydrogens (tertiary/aromatic N) is 2. The van der Waals surface area contributed by atoms with E-state index in [9.17, 15) is 9.90 Å². The van der Waals surface area contributed by atoms with Gasteiger partial charge in [0.05, 0.1) is 32.7 Å². The summed E-state index contributed by atoms with van der Waals surface area (Å²) in [5.41, 5.74) is 2.14. The quantitative estimate of drug-likeness (QED) is 0.607. The SMILES string of the molecule is COc1ccc(-n2nccc2NC(=O)C(OC)c2ccc(CO)cc2)cc1OC. The van der Waals surface area contributed by atoms with Gasteiger partial charge in [-0.1, -0.05) is 24.3 Å². The van der Waals surface area contributed by atoms with Crippen LogP contribution in [0, 0.1) is 0 Å². The van der Waals surface area contributed by atoms with Gasteiger partial charge in [-0.25, -0.2) is 4.68 Å². The van der Waals surface area contributed by atoms with Crippen LogP contribution in [0.5, 0.6) is 11.5 Å². The molecule has 0 saturated heterocycles. The zero-order chi connectivity index (χ0) is 20.8. The first-order chi connectivity index (χ1) is 14.1. The number of aliphatic hydroxyl groups is 1. The highest BCUT2D eigenvalue weighted by Crippen LogP contribution is 2.30. The lowest BCUT2D eigenvalue weighted by Gasteiger charge is -2.17. The molecule has 2 N–H and O–H groups in total.